The van der Waals surface area contributed by atoms with E-state index in [0.29, 0.717) is 5.82 Å². The number of nitrogens with zero attached hydrogens (tertiary/aromatic N) is 5. The molecule has 28 heavy (non-hydrogen) atoms. The first-order valence-electron chi connectivity index (χ1n) is 9.40. The first-order chi connectivity index (χ1) is 13.8. The van der Waals surface area contributed by atoms with Gasteiger partial charge in [0.05, 0.1) is 17.9 Å². The zero-order valence-corrected chi connectivity index (χ0v) is 15.8. The van der Waals surface area contributed by atoms with Gasteiger partial charge in [-0.2, -0.15) is 10.2 Å². The minimum Gasteiger partial charge on any atom is -0.353 e. The number of aromatic amines is 1. The lowest BCUT2D eigenvalue weighted by molar-refractivity contribution is 0.583. The normalized spacial score (nSPS) is 13.8. The summed E-state index contributed by atoms with van der Waals surface area (Å²) in [5, 5.41) is 19.6. The fourth-order valence-electron chi connectivity index (χ4n) is 3.08. The van der Waals surface area contributed by atoms with Gasteiger partial charge in [0, 0.05) is 37.1 Å². The van der Waals surface area contributed by atoms with E-state index in [-0.39, 0.29) is 0 Å². The van der Waals surface area contributed by atoms with Gasteiger partial charge in [-0.3, -0.25) is 5.10 Å². The van der Waals surface area contributed by atoms with Crippen LogP contribution in [0.1, 0.15) is 5.56 Å². The number of hydrogen-bond acceptors (Lipinski definition) is 6. The van der Waals surface area contributed by atoms with Gasteiger partial charge in [-0.05, 0) is 25.1 Å². The molecular formula is C21H23N7. The topological polar surface area (TPSA) is 82.6 Å². The monoisotopic (exact) mass is 373 g/mol. The molecule has 0 atom stereocenters. The Hall–Kier alpha value is -3.32. The second-order valence-corrected chi connectivity index (χ2v) is 6.70. The number of H-pyrrole nitrogens is 1. The summed E-state index contributed by atoms with van der Waals surface area (Å²) in [5.41, 5.74) is 3.28. The number of nitrogens with one attached hydrogen (secondary N) is 2. The van der Waals surface area contributed by atoms with Gasteiger partial charge >= 0.3 is 0 Å². The molecule has 0 bridgehead atoms. The highest BCUT2D eigenvalue weighted by atomic mass is 15.3. The van der Waals surface area contributed by atoms with E-state index in [1.807, 2.05) is 36.4 Å². The minimum absolute atomic E-state index is 0.647. The van der Waals surface area contributed by atoms with E-state index in [1.54, 1.807) is 12.4 Å². The minimum atomic E-state index is 0.647. The Morgan fingerprint density at radius 3 is 2.54 bits per heavy atom. The van der Waals surface area contributed by atoms with Crippen molar-refractivity contribution in [1.29, 1.82) is 0 Å². The molecule has 7 heteroatoms. The molecule has 1 fully saturated rings. The van der Waals surface area contributed by atoms with Crippen LogP contribution in [0.2, 0.25) is 0 Å². The number of aryl methyl sites for hydroxylation is 1. The fraction of sp³-hybridized carbons (Fsp3) is 0.238. The maximum atomic E-state index is 4.65. The van der Waals surface area contributed by atoms with Crippen molar-refractivity contribution in [3.05, 3.63) is 66.5 Å². The molecule has 4 aromatic rings. The van der Waals surface area contributed by atoms with Crippen LogP contribution in [0, 0.1) is 6.92 Å². The zero-order valence-electron chi connectivity index (χ0n) is 15.8. The quantitative estimate of drug-likeness (QED) is 0.562. The molecule has 1 aliphatic heterocycles. The first kappa shape index (κ1) is 18.1. The summed E-state index contributed by atoms with van der Waals surface area (Å²) in [4.78, 5) is 6.88. The maximum Gasteiger partial charge on any atom is 0.183 e. The Morgan fingerprint density at radius 1 is 0.964 bits per heavy atom. The van der Waals surface area contributed by atoms with E-state index in [9.17, 15) is 0 Å². The highest BCUT2D eigenvalue weighted by Crippen LogP contribution is 2.21. The molecule has 0 saturated carbocycles. The van der Waals surface area contributed by atoms with Crippen LogP contribution in [-0.4, -0.2) is 51.6 Å². The molecule has 2 aromatic heterocycles. The number of benzene rings is 2. The third kappa shape index (κ3) is 4.32. The molecular weight excluding hydrogens is 350 g/mol. The second kappa shape index (κ2) is 8.58. The van der Waals surface area contributed by atoms with E-state index in [0.717, 1.165) is 48.5 Å². The Balaban J connectivity index is 0.000000233. The third-order valence-corrected chi connectivity index (χ3v) is 4.63. The zero-order chi connectivity index (χ0) is 19.2. The van der Waals surface area contributed by atoms with Crippen LogP contribution in [0.3, 0.4) is 0 Å². The lowest BCUT2D eigenvalue weighted by Gasteiger charge is -2.28. The number of piperazine rings is 1. The van der Waals surface area contributed by atoms with Gasteiger partial charge in [0.1, 0.15) is 0 Å². The molecule has 0 aliphatic carbocycles. The lowest BCUT2D eigenvalue weighted by Crippen LogP contribution is -2.44. The Kier molecular flexibility index (Phi) is 5.53. The van der Waals surface area contributed by atoms with Crippen molar-refractivity contribution < 1.29 is 0 Å². The molecule has 1 aliphatic rings. The summed E-state index contributed by atoms with van der Waals surface area (Å²) < 4.78 is 0. The van der Waals surface area contributed by atoms with Crippen molar-refractivity contribution in [3.8, 4) is 11.4 Å². The van der Waals surface area contributed by atoms with Gasteiger partial charge in [-0.25, -0.2) is 4.98 Å². The van der Waals surface area contributed by atoms with Gasteiger partial charge in [0.2, 0.25) is 0 Å². The summed E-state index contributed by atoms with van der Waals surface area (Å²) in [6, 6.07) is 16.3. The van der Waals surface area contributed by atoms with Crippen molar-refractivity contribution in [3.63, 3.8) is 0 Å². The van der Waals surface area contributed by atoms with E-state index in [4.69, 9.17) is 0 Å². The molecule has 7 nitrogen and oxygen atoms in total. The molecule has 0 spiro atoms. The summed E-state index contributed by atoms with van der Waals surface area (Å²) in [6.45, 7) is 5.92. The van der Waals surface area contributed by atoms with Crippen LogP contribution in [-0.2, 0) is 0 Å². The number of fused-ring (bicyclic) bond motifs is 1. The molecule has 1 saturated heterocycles. The largest absolute Gasteiger partial charge is 0.353 e. The average Bonchev–Trinajstić information content (AvgIpc) is 3.23. The molecule has 3 heterocycles. The number of hydrogen-bond donors (Lipinski definition) is 2. The van der Waals surface area contributed by atoms with E-state index < -0.39 is 0 Å². The standard InChI is InChI=1S/C14H15N7.C7H8/c1-2-12-11(8-16-19-12)7-10(1)14-18-13(9-17-20-14)21-5-3-15-4-6-21;1-7-5-3-2-4-6-7/h1-2,7-9,15H,3-6H2,(H,16,19);2-6H,1H3. The molecule has 5 rings (SSSR count). The fourth-order valence-corrected chi connectivity index (χ4v) is 3.08. The molecule has 2 N–H and O–H groups in total. The second-order valence-electron chi connectivity index (χ2n) is 6.70. The molecule has 0 amide bonds. The van der Waals surface area contributed by atoms with E-state index >= 15 is 0 Å². The Morgan fingerprint density at radius 2 is 1.79 bits per heavy atom. The van der Waals surface area contributed by atoms with Gasteiger partial charge in [0.15, 0.2) is 11.6 Å². The highest BCUT2D eigenvalue weighted by molar-refractivity contribution is 5.82. The van der Waals surface area contributed by atoms with Crippen LogP contribution in [0.15, 0.2) is 60.9 Å². The molecule has 0 radical (unpaired) electrons. The van der Waals surface area contributed by atoms with Crippen LogP contribution in [0.25, 0.3) is 22.3 Å². The van der Waals surface area contributed by atoms with Crippen molar-refractivity contribution in [1.82, 2.24) is 30.7 Å². The van der Waals surface area contributed by atoms with Gasteiger partial charge in [-0.1, -0.05) is 35.9 Å². The smallest absolute Gasteiger partial charge is 0.183 e. The van der Waals surface area contributed by atoms with E-state index in [2.05, 4.69) is 54.7 Å². The van der Waals surface area contributed by atoms with Crippen LogP contribution in [0.5, 0.6) is 0 Å². The number of aromatic nitrogens is 5. The predicted octanol–water partition coefficient (Wildman–Crippen LogP) is 2.82. The molecule has 2 aromatic carbocycles. The Labute approximate surface area is 163 Å². The van der Waals surface area contributed by atoms with Crippen LogP contribution in [0.4, 0.5) is 5.82 Å². The summed E-state index contributed by atoms with van der Waals surface area (Å²) in [6.07, 6.45) is 3.53. The summed E-state index contributed by atoms with van der Waals surface area (Å²) >= 11 is 0. The van der Waals surface area contributed by atoms with Crippen molar-refractivity contribution >= 4 is 16.7 Å². The predicted molar refractivity (Wildman–Crippen MR) is 111 cm³/mol. The van der Waals surface area contributed by atoms with Gasteiger partial charge in [-0.15, -0.1) is 5.10 Å². The number of anilines is 1. The SMILES string of the molecule is Cc1ccccc1.c1cc2[nH]ncc2cc1-c1nncc(N2CCNCC2)n1. The molecule has 0 unspecified atom stereocenters. The number of rotatable bonds is 2. The van der Waals surface area contributed by atoms with Crippen molar-refractivity contribution in [2.45, 2.75) is 6.92 Å². The maximum absolute atomic E-state index is 4.65. The van der Waals surface area contributed by atoms with Crippen LogP contribution >= 0.6 is 0 Å². The molecule has 142 valence electrons. The Bertz CT molecular complexity index is 1020. The summed E-state index contributed by atoms with van der Waals surface area (Å²) in [7, 11) is 0. The average molecular weight is 373 g/mol. The first-order valence-corrected chi connectivity index (χ1v) is 9.40. The third-order valence-electron chi connectivity index (χ3n) is 4.63. The lowest BCUT2D eigenvalue weighted by atomic mass is 10.1. The summed E-state index contributed by atoms with van der Waals surface area (Å²) in [5.74, 6) is 1.53. The van der Waals surface area contributed by atoms with Crippen LogP contribution < -0.4 is 10.2 Å². The highest BCUT2D eigenvalue weighted by Gasteiger charge is 2.13. The van der Waals surface area contributed by atoms with Crippen molar-refractivity contribution in [2.75, 3.05) is 31.1 Å². The van der Waals surface area contributed by atoms with Gasteiger partial charge in [0.25, 0.3) is 0 Å². The van der Waals surface area contributed by atoms with Gasteiger partial charge < -0.3 is 10.2 Å². The van der Waals surface area contributed by atoms with E-state index in [1.165, 1.54) is 5.56 Å². The van der Waals surface area contributed by atoms with Crippen molar-refractivity contribution in [2.24, 2.45) is 0 Å².